The van der Waals surface area contributed by atoms with Crippen LogP contribution in [0.25, 0.3) is 0 Å². The van der Waals surface area contributed by atoms with Crippen LogP contribution in [-0.4, -0.2) is 538 Å². The second-order valence-electron chi connectivity index (χ2n) is 0. The Morgan fingerprint density at radius 3 is 0.0317 bits per heavy atom. The van der Waals surface area contributed by atoms with Gasteiger partial charge in [0.15, 0.2) is 0 Å². The summed E-state index contributed by atoms with van der Waals surface area (Å²) in [5.74, 6) is 0. The van der Waals surface area contributed by atoms with Crippen LogP contribution in [0.5, 0.6) is 0 Å². The maximum atomic E-state index is 0. The van der Waals surface area contributed by atoms with Gasteiger partial charge in [-0.25, -0.2) is 0 Å². The van der Waals surface area contributed by atoms with Crippen molar-refractivity contribution in [3.63, 3.8) is 0 Å². The summed E-state index contributed by atoms with van der Waals surface area (Å²) in [6, 6.07) is 0. The predicted octanol–water partition coefficient (Wildman–Crippen LogP) is -15.6. The molecule has 0 heterocycles. The third kappa shape index (κ3) is 1880. The van der Waals surface area contributed by atoms with Crippen LogP contribution in [0.15, 0.2) is 0 Å². The summed E-state index contributed by atoms with van der Waals surface area (Å²) in [5.41, 5.74) is 0. The standard InChI is InChI=1S/31Al.32O/q31*+3;32*-2. The summed E-state index contributed by atoms with van der Waals surface area (Å²) < 4.78 is 0. The van der Waals surface area contributed by atoms with Crippen LogP contribution < -0.4 is 0 Å². The SMILES string of the molecule is [Al+3].[Al+3].[Al+3].[Al+3].[Al+3].[Al+3].[Al+3].[Al+3].[Al+3].[Al+3].[Al+3].[Al+3].[Al+3].[Al+3].[Al+3].[Al+3].[Al+3].[Al+3].[Al+3].[Al+3].[Al+3].[Al+3].[Al+3].[Al+3].[Al+3].[Al+3].[Al+3].[Al+3].[Al+3].[Al+3].[Al+3].[O-2].[O-2].[O-2].[O-2].[O-2].[O-2].[O-2].[O-2].[O-2].[O-2].[O-2].[O-2].[O-2].[O-2].[O-2].[O-2].[O-2].[O-2].[O-2].[O-2].[O-2].[O-2].[O-2].[O-2].[O-2].[O-2].[O-2].[O-2].[O-2].[O-2].[O-2].[O-2]. The van der Waals surface area contributed by atoms with E-state index in [2.05, 4.69) is 0 Å². The number of hydrogen-bond acceptors (Lipinski definition) is 0. The minimum Gasteiger partial charge on any atom is -2.00 e. The Morgan fingerprint density at radius 1 is 0.0317 bits per heavy atom. The van der Waals surface area contributed by atoms with Crippen molar-refractivity contribution in [1.82, 2.24) is 0 Å². The molecule has 0 aromatic carbocycles. The minimum absolute atomic E-state index is 0. The molecule has 0 atom stereocenters. The van der Waals surface area contributed by atoms with Crippen molar-refractivity contribution in [2.75, 3.05) is 0 Å². The molecule has 0 aromatic heterocycles. The average molecular weight is 1350 g/mol. The fourth-order valence-corrected chi connectivity index (χ4v) is 0. The fraction of sp³-hybridized carbons (Fsp3) is 0. The van der Waals surface area contributed by atoms with Crippen molar-refractivity contribution in [3.05, 3.63) is 0 Å². The summed E-state index contributed by atoms with van der Waals surface area (Å²) in [6.45, 7) is 0. The van der Waals surface area contributed by atoms with E-state index in [1.54, 1.807) is 0 Å². The summed E-state index contributed by atoms with van der Waals surface area (Å²) >= 11 is 0. The molecule has 0 fully saturated rings. The molecule has 0 radical (unpaired) electrons. The molecule has 256 valence electrons. The van der Waals surface area contributed by atoms with Crippen molar-refractivity contribution in [1.29, 1.82) is 0 Å². The first-order chi connectivity index (χ1) is 0. The van der Waals surface area contributed by atoms with E-state index in [1.165, 1.54) is 0 Å². The molecular formula is Al31O32+29. The average Bonchev–Trinajstić information content (AvgIpc) is 0. The Hall–Kier alpha value is 15.2. The molecule has 32 nitrogen and oxygen atoms in total. The predicted molar refractivity (Wildman–Crippen MR) is 200 cm³/mol. The Kier molecular flexibility index (Phi) is 61800. The number of hydrogen-bond donors (Lipinski definition) is 0. The summed E-state index contributed by atoms with van der Waals surface area (Å²) in [7, 11) is 0. The van der Waals surface area contributed by atoms with Gasteiger partial charge >= 0.3 is 538 Å². The van der Waals surface area contributed by atoms with Crippen molar-refractivity contribution in [2.45, 2.75) is 0 Å². The third-order valence-electron chi connectivity index (χ3n) is 0. The van der Waals surface area contributed by atoms with Gasteiger partial charge in [-0.1, -0.05) is 0 Å². The van der Waals surface area contributed by atoms with E-state index < -0.39 is 0 Å². The zero-order chi connectivity index (χ0) is 0. The van der Waals surface area contributed by atoms with Crippen LogP contribution in [0.3, 0.4) is 0 Å². The van der Waals surface area contributed by atoms with Crippen LogP contribution in [0.2, 0.25) is 0 Å². The monoisotopic (exact) mass is 1350 g/mol. The smallest absolute Gasteiger partial charge is 2.00 e. The van der Waals surface area contributed by atoms with Gasteiger partial charge in [0.2, 0.25) is 0 Å². The van der Waals surface area contributed by atoms with E-state index >= 15 is 0 Å². The normalized spacial score (nSPS) is 0. The molecule has 0 saturated carbocycles. The molecular weight excluding hydrogens is 1350 g/mol. The van der Waals surface area contributed by atoms with Gasteiger partial charge in [-0.05, 0) is 0 Å². The van der Waals surface area contributed by atoms with Gasteiger partial charge in [-0.3, -0.25) is 0 Å². The maximum Gasteiger partial charge on any atom is 3.00 e. The van der Waals surface area contributed by atoms with Crippen molar-refractivity contribution < 1.29 is 175 Å². The van der Waals surface area contributed by atoms with E-state index in [9.17, 15) is 0 Å². The molecule has 0 saturated heterocycles. The molecule has 0 bridgehead atoms. The second kappa shape index (κ2) is 1940. The van der Waals surface area contributed by atoms with Gasteiger partial charge < -0.3 is 175 Å². The van der Waals surface area contributed by atoms with Crippen LogP contribution in [-0.2, 0) is 175 Å². The van der Waals surface area contributed by atoms with E-state index in [1.807, 2.05) is 0 Å². The van der Waals surface area contributed by atoms with E-state index in [-0.39, 0.29) is 713 Å². The van der Waals surface area contributed by atoms with Gasteiger partial charge in [-0.2, -0.15) is 0 Å². The Morgan fingerprint density at radius 2 is 0.0317 bits per heavy atom. The zero-order valence-corrected chi connectivity index (χ0v) is 66.8. The molecule has 0 amide bonds. The van der Waals surface area contributed by atoms with Gasteiger partial charge in [0.05, 0.1) is 0 Å². The Balaban J connectivity index is 0. The molecule has 63 heteroatoms. The summed E-state index contributed by atoms with van der Waals surface area (Å²) in [6.07, 6.45) is 0. The van der Waals surface area contributed by atoms with Gasteiger partial charge in [0.1, 0.15) is 0 Å². The summed E-state index contributed by atoms with van der Waals surface area (Å²) in [4.78, 5) is 0. The molecule has 0 spiro atoms. The minimum atomic E-state index is 0. The van der Waals surface area contributed by atoms with Crippen LogP contribution >= 0.6 is 0 Å². The molecule has 0 N–H and O–H groups in total. The molecule has 0 aliphatic heterocycles. The van der Waals surface area contributed by atoms with E-state index in [4.69, 9.17) is 0 Å². The molecule has 0 unspecified atom stereocenters. The quantitative estimate of drug-likeness (QED) is 0.204. The van der Waals surface area contributed by atoms with Crippen LogP contribution in [0.4, 0.5) is 0 Å². The van der Waals surface area contributed by atoms with Gasteiger partial charge in [-0.15, -0.1) is 0 Å². The first-order valence-corrected chi connectivity index (χ1v) is 0. The topological polar surface area (TPSA) is 912 Å². The van der Waals surface area contributed by atoms with Crippen molar-refractivity contribution in [3.8, 4) is 0 Å². The maximum absolute atomic E-state index is 0. The Labute approximate surface area is 700 Å². The van der Waals surface area contributed by atoms with Gasteiger partial charge in [0, 0.05) is 0 Å². The molecule has 0 aromatic rings. The summed E-state index contributed by atoms with van der Waals surface area (Å²) in [5, 5.41) is 0. The fourth-order valence-electron chi connectivity index (χ4n) is 0. The first-order valence-electron chi connectivity index (χ1n) is 0. The van der Waals surface area contributed by atoms with Crippen LogP contribution in [0, 0.1) is 0 Å². The van der Waals surface area contributed by atoms with E-state index in [0.29, 0.717) is 0 Å². The number of rotatable bonds is 0. The largest absolute Gasteiger partial charge is 3.00 e. The van der Waals surface area contributed by atoms with E-state index in [0.717, 1.165) is 0 Å². The van der Waals surface area contributed by atoms with Crippen molar-refractivity contribution in [2.24, 2.45) is 0 Å². The Bertz CT molecular complexity index is 63.0. The second-order valence-corrected chi connectivity index (χ2v) is 0. The molecule has 63 heavy (non-hydrogen) atoms. The molecule has 0 rings (SSSR count). The zero-order valence-electron chi connectivity index (χ0n) is 31.0. The first kappa shape index (κ1) is 2010. The van der Waals surface area contributed by atoms with Gasteiger partial charge in [0.25, 0.3) is 0 Å². The molecule has 0 aliphatic rings. The third-order valence-corrected chi connectivity index (χ3v) is 0. The van der Waals surface area contributed by atoms with Crippen LogP contribution in [0.1, 0.15) is 0 Å². The molecule has 0 aliphatic carbocycles. The van der Waals surface area contributed by atoms with Crippen molar-refractivity contribution >= 4 is 538 Å².